The Hall–Kier alpha value is -0.530. The molecule has 0 N–H and O–H groups in total. The van der Waals surface area contributed by atoms with Gasteiger partial charge in [0.15, 0.2) is 0 Å². The second kappa shape index (κ2) is 5.16. The van der Waals surface area contributed by atoms with Gasteiger partial charge in [-0.3, -0.25) is 4.99 Å². The van der Waals surface area contributed by atoms with Crippen molar-refractivity contribution < 1.29 is 0 Å². The molecule has 0 saturated carbocycles. The quantitative estimate of drug-likeness (QED) is 0.552. The van der Waals surface area contributed by atoms with Crippen molar-refractivity contribution in [3.8, 4) is 0 Å². The van der Waals surface area contributed by atoms with Crippen LogP contribution in [0, 0.1) is 0 Å². The second-order valence-corrected chi connectivity index (χ2v) is 3.12. The molecule has 1 aliphatic heterocycles. The van der Waals surface area contributed by atoms with Crippen LogP contribution in [0.3, 0.4) is 0 Å². The van der Waals surface area contributed by atoms with Crippen LogP contribution >= 0.6 is 0 Å². The van der Waals surface area contributed by atoms with Crippen LogP contribution in [-0.2, 0) is 0 Å². The lowest BCUT2D eigenvalue weighted by Crippen LogP contribution is -2.20. The van der Waals surface area contributed by atoms with Crippen molar-refractivity contribution in [3.05, 3.63) is 0 Å². The molecule has 2 heteroatoms. The Morgan fingerprint density at radius 2 is 2.27 bits per heavy atom. The molecule has 0 unspecified atom stereocenters. The Morgan fingerprint density at radius 3 is 2.91 bits per heavy atom. The van der Waals surface area contributed by atoms with Crippen LogP contribution in [0.2, 0.25) is 0 Å². The van der Waals surface area contributed by atoms with Crippen LogP contribution in [0.5, 0.6) is 0 Å². The Balaban J connectivity index is 1.90. The fraction of sp³-hybridized carbons (Fsp3) is 0.889. The topological polar surface area (TPSA) is 15.6 Å². The Labute approximate surface area is 69.3 Å². The maximum Gasteiger partial charge on any atom is 0.0851 e. The minimum absolute atomic E-state index is 1.01. The van der Waals surface area contributed by atoms with Gasteiger partial charge >= 0.3 is 0 Å². The summed E-state index contributed by atoms with van der Waals surface area (Å²) < 4.78 is 0. The molecule has 0 aromatic rings. The summed E-state index contributed by atoms with van der Waals surface area (Å²) in [4.78, 5) is 6.48. The highest BCUT2D eigenvalue weighted by Gasteiger charge is 2.02. The first-order chi connectivity index (χ1) is 5.43. The van der Waals surface area contributed by atoms with E-state index in [0.717, 1.165) is 13.1 Å². The lowest BCUT2D eigenvalue weighted by Gasteiger charge is -2.12. The minimum atomic E-state index is 1.01. The first-order valence-corrected chi connectivity index (χ1v) is 4.67. The van der Waals surface area contributed by atoms with Gasteiger partial charge in [0.05, 0.1) is 12.9 Å². The lowest BCUT2D eigenvalue weighted by atomic mass is 10.2. The third kappa shape index (κ3) is 3.40. The Kier molecular flexibility index (Phi) is 4.02. The smallest absolute Gasteiger partial charge is 0.0851 e. The second-order valence-electron chi connectivity index (χ2n) is 3.12. The van der Waals surface area contributed by atoms with Crippen molar-refractivity contribution in [2.24, 2.45) is 4.99 Å². The van der Waals surface area contributed by atoms with Gasteiger partial charge in [0.25, 0.3) is 0 Å². The highest BCUT2D eigenvalue weighted by atomic mass is 15.2. The molecule has 0 spiro atoms. The molecule has 0 radical (unpaired) electrons. The molecule has 0 saturated heterocycles. The summed E-state index contributed by atoms with van der Waals surface area (Å²) in [7, 11) is 0. The standard InChI is InChI=1S/C9H18N2/c1-2-3-4-5-7-11-8-6-10-9-11/h9H,2-8H2,1H3. The molecule has 0 atom stereocenters. The van der Waals surface area contributed by atoms with E-state index < -0.39 is 0 Å². The molecule has 0 aromatic carbocycles. The molecule has 0 amide bonds. The molecule has 0 aliphatic carbocycles. The number of rotatable bonds is 5. The monoisotopic (exact) mass is 154 g/mol. The number of nitrogens with zero attached hydrogens (tertiary/aromatic N) is 2. The van der Waals surface area contributed by atoms with Gasteiger partial charge in [-0.15, -0.1) is 0 Å². The normalized spacial score (nSPS) is 16.3. The van der Waals surface area contributed by atoms with E-state index in [2.05, 4.69) is 16.8 Å². The third-order valence-electron chi connectivity index (χ3n) is 2.06. The predicted octanol–water partition coefficient (Wildman–Crippen LogP) is 1.91. The van der Waals surface area contributed by atoms with Gasteiger partial charge in [-0.25, -0.2) is 0 Å². The number of unbranched alkanes of at least 4 members (excludes halogenated alkanes) is 3. The number of aliphatic imine (C=N–C) groups is 1. The van der Waals surface area contributed by atoms with E-state index >= 15 is 0 Å². The summed E-state index contributed by atoms with van der Waals surface area (Å²) in [5.41, 5.74) is 0. The fourth-order valence-electron chi connectivity index (χ4n) is 1.33. The molecular weight excluding hydrogens is 136 g/mol. The summed E-state index contributed by atoms with van der Waals surface area (Å²) in [6.07, 6.45) is 7.41. The van der Waals surface area contributed by atoms with Gasteiger partial charge in [0.2, 0.25) is 0 Å². The van der Waals surface area contributed by atoms with Crippen LogP contribution in [-0.4, -0.2) is 30.9 Å². The van der Waals surface area contributed by atoms with E-state index in [9.17, 15) is 0 Å². The van der Waals surface area contributed by atoms with Crippen molar-refractivity contribution in [2.45, 2.75) is 32.6 Å². The molecule has 0 fully saturated rings. The van der Waals surface area contributed by atoms with Crippen LogP contribution in [0.15, 0.2) is 4.99 Å². The number of hydrogen-bond donors (Lipinski definition) is 0. The molecule has 0 bridgehead atoms. The van der Waals surface area contributed by atoms with E-state index in [4.69, 9.17) is 0 Å². The zero-order valence-corrected chi connectivity index (χ0v) is 7.42. The van der Waals surface area contributed by atoms with Crippen molar-refractivity contribution in [3.63, 3.8) is 0 Å². The van der Waals surface area contributed by atoms with Gasteiger partial charge in [-0.05, 0) is 6.42 Å². The third-order valence-corrected chi connectivity index (χ3v) is 2.06. The predicted molar refractivity (Wildman–Crippen MR) is 49.1 cm³/mol. The summed E-state index contributed by atoms with van der Waals surface area (Å²) in [5.74, 6) is 0. The molecule has 1 rings (SSSR count). The molecule has 1 heterocycles. The van der Waals surface area contributed by atoms with Gasteiger partial charge in [-0.1, -0.05) is 26.2 Å². The van der Waals surface area contributed by atoms with E-state index in [1.807, 2.05) is 6.34 Å². The van der Waals surface area contributed by atoms with E-state index in [1.54, 1.807) is 0 Å². The maximum atomic E-state index is 4.16. The van der Waals surface area contributed by atoms with Crippen molar-refractivity contribution >= 4 is 6.34 Å². The van der Waals surface area contributed by atoms with Gasteiger partial charge in [0, 0.05) is 13.1 Å². The van der Waals surface area contributed by atoms with Gasteiger partial charge in [0.1, 0.15) is 0 Å². The largest absolute Gasteiger partial charge is 0.361 e. The highest BCUT2D eigenvalue weighted by Crippen LogP contribution is 2.01. The van der Waals surface area contributed by atoms with Crippen molar-refractivity contribution in [1.82, 2.24) is 4.90 Å². The van der Waals surface area contributed by atoms with E-state index in [-0.39, 0.29) is 0 Å². The molecule has 0 aromatic heterocycles. The number of hydrogen-bond acceptors (Lipinski definition) is 2. The molecular formula is C9H18N2. The van der Waals surface area contributed by atoms with Gasteiger partial charge in [-0.2, -0.15) is 0 Å². The van der Waals surface area contributed by atoms with E-state index in [1.165, 1.54) is 32.2 Å². The van der Waals surface area contributed by atoms with Gasteiger partial charge < -0.3 is 4.90 Å². The van der Waals surface area contributed by atoms with E-state index in [0.29, 0.717) is 0 Å². The summed E-state index contributed by atoms with van der Waals surface area (Å²) >= 11 is 0. The van der Waals surface area contributed by atoms with Crippen molar-refractivity contribution in [1.29, 1.82) is 0 Å². The average Bonchev–Trinajstić information content (AvgIpc) is 2.50. The fourth-order valence-corrected chi connectivity index (χ4v) is 1.33. The summed E-state index contributed by atoms with van der Waals surface area (Å²) in [6.45, 7) is 5.61. The zero-order chi connectivity index (χ0) is 7.94. The van der Waals surface area contributed by atoms with Crippen LogP contribution in [0.4, 0.5) is 0 Å². The summed E-state index contributed by atoms with van der Waals surface area (Å²) in [6, 6.07) is 0. The Morgan fingerprint density at radius 1 is 1.36 bits per heavy atom. The molecule has 1 aliphatic rings. The summed E-state index contributed by atoms with van der Waals surface area (Å²) in [5, 5.41) is 0. The minimum Gasteiger partial charge on any atom is -0.361 e. The highest BCUT2D eigenvalue weighted by molar-refractivity contribution is 5.56. The van der Waals surface area contributed by atoms with Crippen LogP contribution < -0.4 is 0 Å². The molecule has 64 valence electrons. The first-order valence-electron chi connectivity index (χ1n) is 4.67. The first kappa shape index (κ1) is 8.57. The zero-order valence-electron chi connectivity index (χ0n) is 7.42. The van der Waals surface area contributed by atoms with Crippen molar-refractivity contribution in [2.75, 3.05) is 19.6 Å². The SMILES string of the molecule is CCCCCCN1C=NCC1. The maximum absolute atomic E-state index is 4.16. The molecule has 2 nitrogen and oxygen atoms in total. The Bertz CT molecular complexity index is 121. The van der Waals surface area contributed by atoms with Crippen LogP contribution in [0.25, 0.3) is 0 Å². The molecule has 11 heavy (non-hydrogen) atoms. The van der Waals surface area contributed by atoms with Crippen LogP contribution in [0.1, 0.15) is 32.6 Å². The lowest BCUT2D eigenvalue weighted by molar-refractivity contribution is 0.442. The average molecular weight is 154 g/mol.